The maximum atomic E-state index is 12.0. The van der Waals surface area contributed by atoms with Gasteiger partial charge in [-0.3, -0.25) is 14.4 Å². The van der Waals surface area contributed by atoms with Crippen molar-refractivity contribution in [2.24, 2.45) is 4.99 Å². The lowest BCUT2D eigenvalue weighted by atomic mass is 9.99. The van der Waals surface area contributed by atoms with Crippen LogP contribution in [0.3, 0.4) is 0 Å². The molecule has 2 heterocycles. The molecule has 0 aliphatic carbocycles. The normalized spacial score (nSPS) is 31.4. The lowest BCUT2D eigenvalue weighted by molar-refractivity contribution is -0.216. The summed E-state index contributed by atoms with van der Waals surface area (Å²) in [5, 5.41) is 10.6. The predicted molar refractivity (Wildman–Crippen MR) is 97.9 cm³/mol. The van der Waals surface area contributed by atoms with Crippen LogP contribution in [0.4, 0.5) is 0 Å². The molecular weight excluding hydrogens is 410 g/mol. The molecule has 11 nitrogen and oxygen atoms in total. The van der Waals surface area contributed by atoms with Crippen LogP contribution in [0.2, 0.25) is 0 Å². The van der Waals surface area contributed by atoms with E-state index in [1.165, 1.54) is 6.92 Å². The summed E-state index contributed by atoms with van der Waals surface area (Å²) in [7, 11) is 0. The molecule has 1 unspecified atom stereocenters. The number of aliphatic hydroxyl groups is 1. The van der Waals surface area contributed by atoms with Gasteiger partial charge in [-0.2, -0.15) is 0 Å². The molecule has 0 aromatic rings. The Bertz CT molecular complexity index is 710. The second kappa shape index (κ2) is 9.55. The Kier molecular flexibility index (Phi) is 7.60. The zero-order valence-electron chi connectivity index (χ0n) is 16.4. The van der Waals surface area contributed by atoms with Crippen molar-refractivity contribution in [3.05, 3.63) is 0 Å². The summed E-state index contributed by atoms with van der Waals surface area (Å²) in [4.78, 5) is 50.6. The first-order valence-electron chi connectivity index (χ1n) is 8.82. The molecule has 1 N–H and O–H groups in total. The highest BCUT2D eigenvalue weighted by Gasteiger charge is 2.52. The minimum absolute atomic E-state index is 0.0608. The highest BCUT2D eigenvalue weighted by Crippen LogP contribution is 2.34. The van der Waals surface area contributed by atoms with Crippen molar-refractivity contribution >= 4 is 40.7 Å². The van der Waals surface area contributed by atoms with E-state index in [2.05, 4.69) is 4.99 Å². The Balaban J connectivity index is 2.35. The van der Waals surface area contributed by atoms with Crippen LogP contribution in [0.1, 0.15) is 27.7 Å². The van der Waals surface area contributed by atoms with Crippen molar-refractivity contribution in [1.82, 2.24) is 0 Å². The van der Waals surface area contributed by atoms with Crippen LogP contribution in [0.15, 0.2) is 4.99 Å². The van der Waals surface area contributed by atoms with Gasteiger partial charge in [0.1, 0.15) is 11.1 Å². The summed E-state index contributed by atoms with van der Waals surface area (Å²) in [6.45, 7) is 4.95. The Hall–Kier alpha value is -2.18. The molecule has 0 saturated carbocycles. The first kappa shape index (κ1) is 23.1. The topological polar surface area (TPSA) is 147 Å². The van der Waals surface area contributed by atoms with Crippen LogP contribution < -0.4 is 0 Å². The van der Waals surface area contributed by atoms with Crippen molar-refractivity contribution in [2.75, 3.05) is 19.0 Å². The van der Waals surface area contributed by atoms with E-state index >= 15 is 0 Å². The van der Waals surface area contributed by atoms with Gasteiger partial charge in [-0.25, -0.2) is 9.79 Å². The number of rotatable bonds is 6. The fourth-order valence-corrected chi connectivity index (χ4v) is 3.99. The van der Waals surface area contributed by atoms with E-state index in [-0.39, 0.29) is 24.0 Å². The standard InChI is InChI=1S/C17H23NO10S/c1-5-24-16(22)17(23)7-29-15(18-17)14-13(28-10(4)21)12(27-9(3)20)11(6-25-14)26-8(2)19/h11-14,23H,5-7H2,1-4H3/t11-,12+,13-,14-,17?/m1/s1. The molecular formula is C17H23NO10S. The van der Waals surface area contributed by atoms with Gasteiger partial charge in [-0.05, 0) is 6.92 Å². The monoisotopic (exact) mass is 433 g/mol. The highest BCUT2D eigenvalue weighted by molar-refractivity contribution is 8.14. The van der Waals surface area contributed by atoms with Crippen LogP contribution in [-0.2, 0) is 42.9 Å². The summed E-state index contributed by atoms with van der Waals surface area (Å²) >= 11 is 1.01. The third-order valence-electron chi connectivity index (χ3n) is 3.91. The summed E-state index contributed by atoms with van der Waals surface area (Å²) in [5.74, 6) is -3.07. The molecule has 1 saturated heterocycles. The Morgan fingerprint density at radius 3 is 2.24 bits per heavy atom. The first-order chi connectivity index (χ1) is 13.6. The van der Waals surface area contributed by atoms with E-state index in [0.717, 1.165) is 25.6 Å². The lowest BCUT2D eigenvalue weighted by Gasteiger charge is -2.40. The number of thioether (sulfide) groups is 1. The van der Waals surface area contributed by atoms with E-state index in [4.69, 9.17) is 23.7 Å². The summed E-state index contributed by atoms with van der Waals surface area (Å²) in [6.07, 6.45) is -4.46. The lowest BCUT2D eigenvalue weighted by Crippen LogP contribution is -2.59. The van der Waals surface area contributed by atoms with Gasteiger partial charge in [0, 0.05) is 20.8 Å². The molecule has 5 atom stereocenters. The molecule has 162 valence electrons. The average Bonchev–Trinajstić information content (AvgIpc) is 3.00. The Morgan fingerprint density at radius 2 is 1.69 bits per heavy atom. The number of aliphatic imine (C=N–C) groups is 1. The van der Waals surface area contributed by atoms with Crippen molar-refractivity contribution < 1.29 is 48.0 Å². The zero-order valence-corrected chi connectivity index (χ0v) is 17.2. The second-order valence-electron chi connectivity index (χ2n) is 6.33. The van der Waals surface area contributed by atoms with Crippen molar-refractivity contribution in [2.45, 2.75) is 57.8 Å². The molecule has 12 heteroatoms. The third kappa shape index (κ3) is 5.67. The Labute approximate surface area is 171 Å². The van der Waals surface area contributed by atoms with Crippen molar-refractivity contribution in [1.29, 1.82) is 0 Å². The van der Waals surface area contributed by atoms with Crippen LogP contribution in [0.25, 0.3) is 0 Å². The van der Waals surface area contributed by atoms with E-state index < -0.39 is 54.0 Å². The Morgan fingerprint density at radius 1 is 1.10 bits per heavy atom. The van der Waals surface area contributed by atoms with Gasteiger partial charge in [0.05, 0.1) is 19.0 Å². The summed E-state index contributed by atoms with van der Waals surface area (Å²) < 4.78 is 26.2. The minimum Gasteiger partial charge on any atom is -0.462 e. The molecule has 29 heavy (non-hydrogen) atoms. The van der Waals surface area contributed by atoms with E-state index in [1.54, 1.807) is 6.92 Å². The van der Waals surface area contributed by atoms with Crippen molar-refractivity contribution in [3.63, 3.8) is 0 Å². The molecule has 2 aliphatic heterocycles. The number of nitrogens with zero attached hydrogens (tertiary/aromatic N) is 1. The second-order valence-corrected chi connectivity index (χ2v) is 7.32. The zero-order chi connectivity index (χ0) is 21.8. The largest absolute Gasteiger partial charge is 0.462 e. The molecule has 1 fully saturated rings. The van der Waals surface area contributed by atoms with Gasteiger partial charge in [-0.1, -0.05) is 0 Å². The van der Waals surface area contributed by atoms with E-state index in [0.29, 0.717) is 0 Å². The quantitative estimate of drug-likeness (QED) is 0.430. The van der Waals surface area contributed by atoms with Gasteiger partial charge >= 0.3 is 23.9 Å². The smallest absolute Gasteiger partial charge is 0.362 e. The fraction of sp³-hybridized carbons (Fsp3) is 0.706. The van der Waals surface area contributed by atoms with Crippen molar-refractivity contribution in [3.8, 4) is 0 Å². The van der Waals surface area contributed by atoms with Gasteiger partial charge in [-0.15, -0.1) is 11.8 Å². The summed E-state index contributed by atoms with van der Waals surface area (Å²) in [5.41, 5.74) is -2.11. The average molecular weight is 433 g/mol. The number of hydrogen-bond acceptors (Lipinski definition) is 12. The molecule has 2 rings (SSSR count). The van der Waals surface area contributed by atoms with Crippen LogP contribution >= 0.6 is 11.8 Å². The third-order valence-corrected chi connectivity index (χ3v) is 5.08. The fourth-order valence-electron chi connectivity index (χ4n) is 2.87. The number of ether oxygens (including phenoxy) is 5. The highest BCUT2D eigenvalue weighted by atomic mass is 32.2. The van der Waals surface area contributed by atoms with Crippen LogP contribution in [0.5, 0.6) is 0 Å². The molecule has 0 aromatic heterocycles. The number of carbonyl (C=O) groups excluding carboxylic acids is 4. The molecule has 0 radical (unpaired) electrons. The van der Waals surface area contributed by atoms with Gasteiger partial charge in [0.2, 0.25) is 0 Å². The number of esters is 4. The predicted octanol–water partition coefficient (Wildman–Crippen LogP) is -0.423. The SMILES string of the molecule is CCOC(=O)C1(O)CSC([C@@H]2OC[C@@H](OC(C)=O)[C@H](OC(C)=O)[C@H]2OC(C)=O)=N1. The molecule has 0 aromatic carbocycles. The maximum Gasteiger partial charge on any atom is 0.362 e. The minimum atomic E-state index is -2.11. The first-order valence-corrected chi connectivity index (χ1v) is 9.81. The van der Waals surface area contributed by atoms with Crippen LogP contribution in [0, 0.1) is 0 Å². The van der Waals surface area contributed by atoms with Gasteiger partial charge < -0.3 is 28.8 Å². The molecule has 2 aliphatic rings. The van der Waals surface area contributed by atoms with Gasteiger partial charge in [0.25, 0.3) is 5.72 Å². The summed E-state index contributed by atoms with van der Waals surface area (Å²) in [6, 6.07) is 0. The maximum absolute atomic E-state index is 12.0. The molecule has 0 spiro atoms. The van der Waals surface area contributed by atoms with Crippen LogP contribution in [-0.4, -0.2) is 83.1 Å². The van der Waals surface area contributed by atoms with E-state index in [9.17, 15) is 24.3 Å². The molecule has 0 bridgehead atoms. The molecule has 0 amide bonds. The number of carbonyl (C=O) groups is 4. The number of hydrogen-bond donors (Lipinski definition) is 1. The van der Waals surface area contributed by atoms with E-state index in [1.807, 2.05) is 0 Å². The van der Waals surface area contributed by atoms with Gasteiger partial charge in [0.15, 0.2) is 18.3 Å².